The summed E-state index contributed by atoms with van der Waals surface area (Å²) >= 11 is 0. The largest absolute Gasteiger partial charge is 0.326 e. The van der Waals surface area contributed by atoms with Crippen LogP contribution in [0.3, 0.4) is 0 Å². The van der Waals surface area contributed by atoms with E-state index in [4.69, 9.17) is 5.73 Å². The summed E-state index contributed by atoms with van der Waals surface area (Å²) in [6, 6.07) is 0. The molecule has 0 heterocycles. The number of hydrogen-bond acceptors (Lipinski definition) is 2. The number of nitrogens with two attached hydrogens (primary N) is 1. The molecular formula is C10H26N2. The summed E-state index contributed by atoms with van der Waals surface area (Å²) in [4.78, 5) is 0. The van der Waals surface area contributed by atoms with Gasteiger partial charge in [0.1, 0.15) is 0 Å². The molecule has 0 saturated carbocycles. The van der Waals surface area contributed by atoms with Crippen LogP contribution in [0.4, 0.5) is 0 Å². The minimum Gasteiger partial charge on any atom is -0.326 e. The van der Waals surface area contributed by atoms with E-state index in [-0.39, 0.29) is 5.54 Å². The monoisotopic (exact) mass is 174 g/mol. The standard InChI is InChI=1S/C6H15N.C4H11N/c1-3-5-7-6-4-2;1-4(2,3)5/h7H,3-6H2,1-2H3;5H2,1-3H3. The van der Waals surface area contributed by atoms with E-state index >= 15 is 0 Å². The second-order valence-corrected chi connectivity index (χ2v) is 4.12. The smallest absolute Gasteiger partial charge is 0.00686 e. The van der Waals surface area contributed by atoms with Gasteiger partial charge in [-0.05, 0) is 46.7 Å². The van der Waals surface area contributed by atoms with Crippen LogP contribution in [-0.4, -0.2) is 18.6 Å². The van der Waals surface area contributed by atoms with E-state index < -0.39 is 0 Å². The fraction of sp³-hybridized carbons (Fsp3) is 1.00. The summed E-state index contributed by atoms with van der Waals surface area (Å²) in [5.41, 5.74) is 5.35. The van der Waals surface area contributed by atoms with Crippen LogP contribution in [0.25, 0.3) is 0 Å². The predicted molar refractivity (Wildman–Crippen MR) is 57.4 cm³/mol. The Labute approximate surface area is 77.9 Å². The molecule has 0 saturated heterocycles. The molecule has 0 aromatic heterocycles. The van der Waals surface area contributed by atoms with Crippen LogP contribution >= 0.6 is 0 Å². The Hall–Kier alpha value is -0.0800. The van der Waals surface area contributed by atoms with Crippen LogP contribution in [-0.2, 0) is 0 Å². The van der Waals surface area contributed by atoms with Crippen molar-refractivity contribution in [3.63, 3.8) is 0 Å². The first-order valence-electron chi connectivity index (χ1n) is 4.91. The Morgan fingerprint density at radius 1 is 1.00 bits per heavy atom. The van der Waals surface area contributed by atoms with Gasteiger partial charge in [-0.15, -0.1) is 0 Å². The third-order valence-electron chi connectivity index (χ3n) is 0.854. The second kappa shape index (κ2) is 9.01. The van der Waals surface area contributed by atoms with E-state index in [2.05, 4.69) is 19.2 Å². The SMILES string of the molecule is CC(C)(C)N.CCCNCCC. The topological polar surface area (TPSA) is 38.0 Å². The third kappa shape index (κ3) is 51.4. The predicted octanol–water partition coefficient (Wildman–Crippen LogP) is 2.14. The molecule has 0 aromatic carbocycles. The van der Waals surface area contributed by atoms with Gasteiger partial charge in [0.05, 0.1) is 0 Å². The maximum atomic E-state index is 5.35. The normalized spacial score (nSPS) is 10.5. The maximum Gasteiger partial charge on any atom is 0.00686 e. The fourth-order valence-corrected chi connectivity index (χ4v) is 0.479. The highest BCUT2D eigenvalue weighted by molar-refractivity contribution is 4.60. The molecule has 0 spiro atoms. The van der Waals surface area contributed by atoms with E-state index in [1.807, 2.05) is 20.8 Å². The fourth-order valence-electron chi connectivity index (χ4n) is 0.479. The van der Waals surface area contributed by atoms with Gasteiger partial charge in [-0.25, -0.2) is 0 Å². The zero-order valence-corrected chi connectivity index (χ0v) is 9.41. The van der Waals surface area contributed by atoms with E-state index in [1.54, 1.807) is 0 Å². The lowest BCUT2D eigenvalue weighted by molar-refractivity contribution is 0.580. The van der Waals surface area contributed by atoms with Gasteiger partial charge in [0.15, 0.2) is 0 Å². The first-order chi connectivity index (χ1) is 5.41. The van der Waals surface area contributed by atoms with Crippen molar-refractivity contribution < 1.29 is 0 Å². The number of rotatable bonds is 4. The average molecular weight is 174 g/mol. The van der Waals surface area contributed by atoms with Gasteiger partial charge in [0.25, 0.3) is 0 Å². The first-order valence-corrected chi connectivity index (χ1v) is 4.91. The molecule has 0 aliphatic heterocycles. The molecule has 0 rings (SSSR count). The van der Waals surface area contributed by atoms with Crippen LogP contribution in [0.5, 0.6) is 0 Å². The van der Waals surface area contributed by atoms with Crippen LogP contribution in [0, 0.1) is 0 Å². The van der Waals surface area contributed by atoms with Crippen LogP contribution < -0.4 is 11.1 Å². The van der Waals surface area contributed by atoms with Gasteiger partial charge in [-0.1, -0.05) is 13.8 Å². The highest BCUT2D eigenvalue weighted by Crippen LogP contribution is 1.88. The Morgan fingerprint density at radius 2 is 1.25 bits per heavy atom. The van der Waals surface area contributed by atoms with E-state index in [0.717, 1.165) is 0 Å². The van der Waals surface area contributed by atoms with Crippen LogP contribution in [0.1, 0.15) is 47.5 Å². The molecule has 76 valence electrons. The summed E-state index contributed by atoms with van der Waals surface area (Å²) in [7, 11) is 0. The van der Waals surface area contributed by atoms with Gasteiger partial charge in [0, 0.05) is 5.54 Å². The Kier molecular flexibility index (Phi) is 10.8. The van der Waals surface area contributed by atoms with Gasteiger partial charge >= 0.3 is 0 Å². The molecule has 0 amide bonds. The van der Waals surface area contributed by atoms with E-state index in [1.165, 1.54) is 25.9 Å². The van der Waals surface area contributed by atoms with Crippen molar-refractivity contribution in [3.8, 4) is 0 Å². The van der Waals surface area contributed by atoms with Crippen molar-refractivity contribution >= 4 is 0 Å². The van der Waals surface area contributed by atoms with Crippen molar-refractivity contribution in [2.24, 2.45) is 5.73 Å². The number of nitrogens with one attached hydrogen (secondary N) is 1. The molecule has 0 atom stereocenters. The van der Waals surface area contributed by atoms with Crippen molar-refractivity contribution in [3.05, 3.63) is 0 Å². The van der Waals surface area contributed by atoms with Gasteiger partial charge in [0.2, 0.25) is 0 Å². The zero-order chi connectivity index (χ0) is 10.0. The lowest BCUT2D eigenvalue weighted by Crippen LogP contribution is -2.26. The summed E-state index contributed by atoms with van der Waals surface area (Å²) in [6.07, 6.45) is 2.50. The Balaban J connectivity index is 0. The Bertz CT molecular complexity index is 64.4. The van der Waals surface area contributed by atoms with Gasteiger partial charge in [-0.3, -0.25) is 0 Å². The van der Waals surface area contributed by atoms with Crippen LogP contribution in [0.15, 0.2) is 0 Å². The maximum absolute atomic E-state index is 5.35. The molecule has 0 fully saturated rings. The van der Waals surface area contributed by atoms with Crippen LogP contribution in [0.2, 0.25) is 0 Å². The molecule has 0 radical (unpaired) electrons. The first kappa shape index (κ1) is 14.4. The molecule has 3 N–H and O–H groups in total. The molecule has 12 heavy (non-hydrogen) atoms. The summed E-state index contributed by atoms with van der Waals surface area (Å²) in [5, 5.41) is 3.28. The zero-order valence-electron chi connectivity index (χ0n) is 9.41. The molecule has 0 unspecified atom stereocenters. The minimum absolute atomic E-state index is 0. The molecule has 2 heteroatoms. The average Bonchev–Trinajstić information content (AvgIpc) is 1.85. The summed E-state index contributed by atoms with van der Waals surface area (Å²) in [6.45, 7) is 12.6. The van der Waals surface area contributed by atoms with Crippen molar-refractivity contribution in [2.45, 2.75) is 53.0 Å². The van der Waals surface area contributed by atoms with E-state index in [0.29, 0.717) is 0 Å². The highest BCUT2D eigenvalue weighted by atomic mass is 14.8. The lowest BCUT2D eigenvalue weighted by Gasteiger charge is -2.06. The highest BCUT2D eigenvalue weighted by Gasteiger charge is 1.95. The van der Waals surface area contributed by atoms with Crippen molar-refractivity contribution in [1.29, 1.82) is 0 Å². The molecule has 0 aliphatic rings. The molecule has 0 aromatic rings. The van der Waals surface area contributed by atoms with Crippen molar-refractivity contribution in [1.82, 2.24) is 5.32 Å². The quantitative estimate of drug-likeness (QED) is 0.641. The molecule has 2 nitrogen and oxygen atoms in total. The minimum atomic E-state index is 0. The Morgan fingerprint density at radius 3 is 1.42 bits per heavy atom. The van der Waals surface area contributed by atoms with Gasteiger partial charge in [-0.2, -0.15) is 0 Å². The molecule has 0 bridgehead atoms. The number of hydrogen-bond donors (Lipinski definition) is 2. The second-order valence-electron chi connectivity index (χ2n) is 4.12. The molecular weight excluding hydrogens is 148 g/mol. The summed E-state index contributed by atoms with van der Waals surface area (Å²) in [5.74, 6) is 0. The molecule has 0 aliphatic carbocycles. The third-order valence-corrected chi connectivity index (χ3v) is 0.854. The lowest BCUT2D eigenvalue weighted by atomic mass is 10.1. The summed E-state index contributed by atoms with van der Waals surface area (Å²) < 4.78 is 0. The van der Waals surface area contributed by atoms with E-state index in [9.17, 15) is 0 Å². The van der Waals surface area contributed by atoms with Gasteiger partial charge < -0.3 is 11.1 Å². The van der Waals surface area contributed by atoms with Crippen molar-refractivity contribution in [2.75, 3.05) is 13.1 Å².